The van der Waals surface area contributed by atoms with Gasteiger partial charge in [-0.1, -0.05) is 0 Å². The van der Waals surface area contributed by atoms with Gasteiger partial charge in [-0.15, -0.1) is 14.1 Å². The Bertz CT molecular complexity index is 381. The molecule has 144 valence electrons. The third kappa shape index (κ3) is 22.9. The molecule has 0 unspecified atom stereocenters. The Morgan fingerprint density at radius 3 is 1.12 bits per heavy atom. The first-order chi connectivity index (χ1) is 9.86. The van der Waals surface area contributed by atoms with Crippen molar-refractivity contribution < 1.29 is 61.4 Å². The van der Waals surface area contributed by atoms with Crippen LogP contribution in [0.1, 0.15) is 0 Å². The molecule has 0 saturated carbocycles. The second kappa shape index (κ2) is 33.3. The Morgan fingerprint density at radius 1 is 0.708 bits per heavy atom. The van der Waals surface area contributed by atoms with E-state index in [2.05, 4.69) is 36.3 Å². The topological polar surface area (TPSA) is 125 Å². The second-order valence-corrected chi connectivity index (χ2v) is 2.94. The fraction of sp³-hybridized carbons (Fsp3) is 0.125. The summed E-state index contributed by atoms with van der Waals surface area (Å²) in [4.78, 5) is 15.5. The smallest absolute Gasteiger partial charge is 0 e. The molecule has 2 rings (SSSR count). The van der Waals surface area contributed by atoms with E-state index >= 15 is 0 Å². The zero-order valence-corrected chi connectivity index (χ0v) is 16.2. The zero-order chi connectivity index (χ0) is 15.6. The number of para-hydroxylation sites is 2. The Morgan fingerprint density at radius 2 is 1.00 bits per heavy atom. The first-order valence-corrected chi connectivity index (χ1v) is 5.47. The molecule has 0 radical (unpaired) electrons. The summed E-state index contributed by atoms with van der Waals surface area (Å²) in [5, 5.41) is 7.83. The average molecular weight is 517 g/mol. The fourth-order valence-electron chi connectivity index (χ4n) is 1.05. The van der Waals surface area contributed by atoms with Crippen LogP contribution in [0.3, 0.4) is 0 Å². The van der Waals surface area contributed by atoms with Gasteiger partial charge in [0.15, 0.2) is 0 Å². The van der Waals surface area contributed by atoms with Gasteiger partial charge < -0.3 is 31.2 Å². The van der Waals surface area contributed by atoms with Crippen LogP contribution in [-0.4, -0.2) is 38.6 Å². The molecule has 0 aliphatic heterocycles. The van der Waals surface area contributed by atoms with Crippen molar-refractivity contribution in [2.24, 2.45) is 0 Å². The minimum Gasteiger partial charge on any atom is -0.708 e. The average Bonchev–Trinajstić information content (AvgIpc) is 2.60. The molecule has 0 aliphatic carbocycles. The van der Waals surface area contributed by atoms with Crippen LogP contribution >= 0.6 is 0 Å². The monoisotopic (exact) mass is 516 g/mol. The van der Waals surface area contributed by atoms with E-state index in [1.165, 1.54) is 0 Å². The maximum atomic E-state index is 7.75. The molecule has 0 spiro atoms. The van der Waals surface area contributed by atoms with Gasteiger partial charge in [0, 0.05) is 40.8 Å². The van der Waals surface area contributed by atoms with E-state index in [1.807, 2.05) is 48.5 Å². The van der Waals surface area contributed by atoms with Crippen LogP contribution < -0.4 is 0 Å². The minimum absolute atomic E-state index is 0. The minimum atomic E-state index is 0. The van der Waals surface area contributed by atoms with E-state index in [0.717, 1.165) is 11.4 Å². The number of hydrogen-bond donors (Lipinski definition) is 0. The fourth-order valence-corrected chi connectivity index (χ4v) is 1.05. The number of benzene rings is 2. The maximum Gasteiger partial charge on any atom is 0 e. The van der Waals surface area contributed by atoms with Crippen molar-refractivity contribution in [3.8, 4) is 0 Å². The van der Waals surface area contributed by atoms with Gasteiger partial charge in [0.2, 0.25) is 0 Å². The number of hydrogen-bond acceptors (Lipinski definition) is 2. The summed E-state index contributed by atoms with van der Waals surface area (Å²) >= 11 is 0. The third-order valence-corrected chi connectivity index (χ3v) is 1.87. The van der Waals surface area contributed by atoms with Gasteiger partial charge in [-0.05, 0) is 0 Å². The predicted octanol–water partition coefficient (Wildman–Crippen LogP) is 2.04. The van der Waals surface area contributed by atoms with E-state index < -0.39 is 0 Å². The van der Waals surface area contributed by atoms with Crippen LogP contribution in [0.15, 0.2) is 48.5 Å². The molecular weight excluding hydrogens is 497 g/mol. The quantitative estimate of drug-likeness (QED) is 0.344. The molecule has 6 nitrogen and oxygen atoms in total. The molecule has 0 aromatic heterocycles. The normalized spacial score (nSPS) is 6.08. The molecule has 0 saturated heterocycles. The molecule has 0 amide bonds. The standard InChI is InChI=1S/2C7H7N.2CHO.2H2O.2Pd/c2*1-8-7-5-3-2-4-6-7;2*1-2;;;;/h2*2-5H,1H3;2*1H;2*1H2;;/q2*-2;2*-1;;;;. The van der Waals surface area contributed by atoms with Crippen LogP contribution in [-0.2, 0) is 50.4 Å². The van der Waals surface area contributed by atoms with Crippen molar-refractivity contribution in [2.45, 2.75) is 0 Å². The van der Waals surface area contributed by atoms with Crippen molar-refractivity contribution in [1.82, 2.24) is 0 Å². The Balaban J connectivity index is -0.0000000491. The summed E-state index contributed by atoms with van der Waals surface area (Å²) in [5.74, 6) is 0. The van der Waals surface area contributed by atoms with E-state index in [4.69, 9.17) is 9.59 Å². The summed E-state index contributed by atoms with van der Waals surface area (Å²) < 4.78 is 0. The predicted molar refractivity (Wildman–Crippen MR) is 89.2 cm³/mol. The van der Waals surface area contributed by atoms with Gasteiger partial charge in [0.1, 0.15) is 0 Å². The van der Waals surface area contributed by atoms with Gasteiger partial charge in [-0.2, -0.15) is 60.7 Å². The molecular formula is C16H20N2O4Pd2-6. The zero-order valence-electron chi connectivity index (χ0n) is 13.1. The Kier molecular flexibility index (Phi) is 53.1. The van der Waals surface area contributed by atoms with Gasteiger partial charge >= 0.3 is 0 Å². The van der Waals surface area contributed by atoms with Crippen molar-refractivity contribution in [1.29, 1.82) is 0 Å². The number of carbonyl (C=O) groups excluding carboxylic acids is 2. The van der Waals surface area contributed by atoms with Crippen molar-refractivity contribution in [2.75, 3.05) is 14.1 Å². The Labute approximate surface area is 171 Å². The van der Waals surface area contributed by atoms with E-state index in [1.54, 1.807) is 14.1 Å². The molecule has 0 aliphatic rings. The van der Waals surface area contributed by atoms with Crippen molar-refractivity contribution in [3.05, 3.63) is 71.3 Å². The van der Waals surface area contributed by atoms with Crippen LogP contribution in [0.25, 0.3) is 10.6 Å². The summed E-state index contributed by atoms with van der Waals surface area (Å²) in [6, 6.07) is 21.2. The Hall–Kier alpha value is -1.38. The summed E-state index contributed by atoms with van der Waals surface area (Å²) in [6.07, 6.45) is 0. The largest absolute Gasteiger partial charge is 0.708 e. The molecule has 0 heterocycles. The van der Waals surface area contributed by atoms with Crippen LogP contribution in [0.5, 0.6) is 0 Å². The second-order valence-electron chi connectivity index (χ2n) is 2.94. The molecule has 4 N–H and O–H groups in total. The molecule has 0 fully saturated rings. The SMILES string of the molecule is C[N-]c1[c-]cccc1.C[N-]c1[c-]cccc1.O.O.[CH-]=O.[CH-]=O.[Pd].[Pd]. The van der Waals surface area contributed by atoms with Crippen LogP contribution in [0.4, 0.5) is 11.4 Å². The van der Waals surface area contributed by atoms with E-state index in [0.29, 0.717) is 0 Å². The molecule has 24 heavy (non-hydrogen) atoms. The number of rotatable bonds is 2. The summed E-state index contributed by atoms with van der Waals surface area (Å²) in [5.41, 5.74) is 1.82. The molecule has 0 atom stereocenters. The van der Waals surface area contributed by atoms with E-state index in [-0.39, 0.29) is 51.8 Å². The van der Waals surface area contributed by atoms with Gasteiger partial charge in [0.05, 0.1) is 0 Å². The maximum absolute atomic E-state index is 7.75. The van der Waals surface area contributed by atoms with Crippen LogP contribution in [0.2, 0.25) is 0 Å². The first-order valence-electron chi connectivity index (χ1n) is 5.47. The van der Waals surface area contributed by atoms with Gasteiger partial charge in [-0.25, -0.2) is 0 Å². The molecule has 2 aromatic rings. The van der Waals surface area contributed by atoms with Crippen LogP contribution in [0, 0.1) is 12.1 Å². The van der Waals surface area contributed by atoms with Gasteiger partial charge in [0.25, 0.3) is 0 Å². The van der Waals surface area contributed by atoms with E-state index in [9.17, 15) is 0 Å². The van der Waals surface area contributed by atoms with Gasteiger partial charge in [-0.3, -0.25) is 25.0 Å². The molecule has 8 heteroatoms. The molecule has 0 bridgehead atoms. The number of nitrogens with zero attached hydrogens (tertiary/aromatic N) is 2. The third-order valence-electron chi connectivity index (χ3n) is 1.87. The van der Waals surface area contributed by atoms with Crippen molar-refractivity contribution in [3.63, 3.8) is 0 Å². The first kappa shape index (κ1) is 38.3. The summed E-state index contributed by atoms with van der Waals surface area (Å²) in [7, 11) is 3.51. The molecule has 2 aromatic carbocycles. The summed E-state index contributed by atoms with van der Waals surface area (Å²) in [6.45, 7) is 6.50. The van der Waals surface area contributed by atoms with Crippen molar-refractivity contribution >= 4 is 25.0 Å².